The van der Waals surface area contributed by atoms with Crippen LogP contribution in [0.5, 0.6) is 0 Å². The van der Waals surface area contributed by atoms with Gasteiger partial charge in [0.2, 0.25) is 11.8 Å². The molecule has 188 valence electrons. The Hall–Kier alpha value is -4.14. The predicted octanol–water partition coefficient (Wildman–Crippen LogP) is -1.26. The number of anilines is 1. The van der Waals surface area contributed by atoms with E-state index in [2.05, 4.69) is 33.5 Å². The second-order valence-electron chi connectivity index (χ2n) is 7.35. The average molecular weight is 509 g/mol. The van der Waals surface area contributed by atoms with Crippen molar-refractivity contribution in [3.05, 3.63) is 38.9 Å². The van der Waals surface area contributed by atoms with Crippen LogP contribution in [0.15, 0.2) is 27.8 Å². The van der Waals surface area contributed by atoms with E-state index in [1.165, 1.54) is 18.2 Å². The molecule has 1 aromatic heterocycles. The molecule has 0 spiro atoms. The normalized spacial score (nSPS) is 12.4. The van der Waals surface area contributed by atoms with Gasteiger partial charge in [0.25, 0.3) is 17.0 Å². The fourth-order valence-corrected chi connectivity index (χ4v) is 3.44. The molecule has 0 saturated heterocycles. The van der Waals surface area contributed by atoms with Crippen molar-refractivity contribution in [2.24, 2.45) is 0 Å². The van der Waals surface area contributed by atoms with Crippen molar-refractivity contribution >= 4 is 58.7 Å². The van der Waals surface area contributed by atoms with Crippen LogP contribution in [0.2, 0.25) is 0 Å². The Morgan fingerprint density at radius 3 is 2.29 bits per heavy atom. The van der Waals surface area contributed by atoms with Gasteiger partial charge in [-0.1, -0.05) is 6.07 Å². The molecular formula is C20H23N5O9S. The highest BCUT2D eigenvalue weighted by molar-refractivity contribution is 7.80. The number of hydrogen-bond donors (Lipinski definition) is 7. The monoisotopic (exact) mass is 509 g/mol. The van der Waals surface area contributed by atoms with Crippen LogP contribution in [0, 0.1) is 0 Å². The summed E-state index contributed by atoms with van der Waals surface area (Å²) in [6.07, 6.45) is -0.667. The molecule has 0 saturated carbocycles. The van der Waals surface area contributed by atoms with Crippen LogP contribution >= 0.6 is 12.6 Å². The van der Waals surface area contributed by atoms with Crippen LogP contribution in [0.3, 0.4) is 0 Å². The molecule has 3 amide bonds. The van der Waals surface area contributed by atoms with Crippen LogP contribution < -0.4 is 21.8 Å². The first-order chi connectivity index (χ1) is 16.5. The van der Waals surface area contributed by atoms with E-state index >= 15 is 0 Å². The summed E-state index contributed by atoms with van der Waals surface area (Å²) in [5.74, 6) is -5.59. The fraction of sp³-hybridized carbons (Fsp3) is 0.350. The van der Waals surface area contributed by atoms with Gasteiger partial charge < -0.3 is 20.8 Å². The number of hydrogen-bond acceptors (Lipinski definition) is 9. The maximum atomic E-state index is 12.5. The number of amides is 3. The molecule has 2 aromatic rings. The van der Waals surface area contributed by atoms with Gasteiger partial charge in [0.05, 0.1) is 10.8 Å². The number of carbonyl (C=O) groups is 5. The molecule has 0 fully saturated rings. The maximum absolute atomic E-state index is 12.5. The molecule has 1 heterocycles. The molecule has 14 nitrogen and oxygen atoms in total. The number of H-pyrrole nitrogens is 2. The average Bonchev–Trinajstić information content (AvgIpc) is 2.80. The van der Waals surface area contributed by atoms with E-state index < -0.39 is 59.4 Å². The summed E-state index contributed by atoms with van der Waals surface area (Å²) in [4.78, 5) is 83.7. The SMILES string of the molecule is CC(=O)N(CC(=O)O)C(=O)[C@H](CS)NC(=O)CC[C@H](Nc1cccc2c(=O)[nH][nH]c(=O)c12)C(=O)O. The van der Waals surface area contributed by atoms with Crippen molar-refractivity contribution in [2.45, 2.75) is 31.8 Å². The fourth-order valence-electron chi connectivity index (χ4n) is 3.19. The van der Waals surface area contributed by atoms with Gasteiger partial charge in [-0.15, -0.1) is 0 Å². The smallest absolute Gasteiger partial charge is 0.326 e. The van der Waals surface area contributed by atoms with E-state index in [-0.39, 0.29) is 35.1 Å². The number of imide groups is 1. The van der Waals surface area contributed by atoms with Crippen molar-refractivity contribution in [1.82, 2.24) is 20.4 Å². The lowest BCUT2D eigenvalue weighted by Crippen LogP contribution is -2.52. The Balaban J connectivity index is 2.12. The first kappa shape index (κ1) is 27.1. The summed E-state index contributed by atoms with van der Waals surface area (Å²) in [5.41, 5.74) is -1.17. The molecule has 1 aromatic carbocycles. The third-order valence-corrected chi connectivity index (χ3v) is 5.23. The first-order valence-electron chi connectivity index (χ1n) is 10.1. The molecule has 2 rings (SSSR count). The second kappa shape index (κ2) is 11.8. The van der Waals surface area contributed by atoms with Crippen LogP contribution in [0.1, 0.15) is 19.8 Å². The van der Waals surface area contributed by atoms with Crippen molar-refractivity contribution in [3.8, 4) is 0 Å². The first-order valence-corrected chi connectivity index (χ1v) is 10.8. The quantitative estimate of drug-likeness (QED) is 0.178. The molecule has 15 heteroatoms. The Bertz CT molecular complexity index is 1270. The van der Waals surface area contributed by atoms with Gasteiger partial charge in [0.1, 0.15) is 18.6 Å². The third kappa shape index (κ3) is 6.92. The van der Waals surface area contributed by atoms with Crippen LogP contribution in [0.4, 0.5) is 5.69 Å². The van der Waals surface area contributed by atoms with E-state index in [9.17, 15) is 38.7 Å². The van der Waals surface area contributed by atoms with Gasteiger partial charge >= 0.3 is 11.9 Å². The lowest BCUT2D eigenvalue weighted by atomic mass is 10.1. The van der Waals surface area contributed by atoms with E-state index in [0.717, 1.165) is 6.92 Å². The van der Waals surface area contributed by atoms with Gasteiger partial charge in [0.15, 0.2) is 0 Å². The molecule has 0 aliphatic heterocycles. The number of aromatic nitrogens is 2. The minimum Gasteiger partial charge on any atom is -0.480 e. The van der Waals surface area contributed by atoms with E-state index in [4.69, 9.17) is 5.11 Å². The van der Waals surface area contributed by atoms with Crippen LogP contribution in [-0.2, 0) is 24.0 Å². The van der Waals surface area contributed by atoms with E-state index in [1.807, 2.05) is 0 Å². The summed E-state index contributed by atoms with van der Waals surface area (Å²) in [7, 11) is 0. The minimum absolute atomic E-state index is 0.0344. The Morgan fingerprint density at radius 1 is 1.06 bits per heavy atom. The van der Waals surface area contributed by atoms with Crippen molar-refractivity contribution in [1.29, 1.82) is 0 Å². The van der Waals surface area contributed by atoms with Gasteiger partial charge in [-0.25, -0.2) is 4.79 Å². The lowest BCUT2D eigenvalue weighted by Gasteiger charge is -2.23. The van der Waals surface area contributed by atoms with Gasteiger partial charge in [-0.3, -0.25) is 43.9 Å². The van der Waals surface area contributed by atoms with E-state index in [1.54, 1.807) is 0 Å². The standard InChI is InChI=1S/C20H23N5O9S/c1-9(26)25(7-15(28)29)19(32)13(8-35)22-14(27)6-5-12(20(33)34)21-11-4-2-3-10-16(11)18(31)24-23-17(10)30/h2-4,12-13,21,35H,5-8H2,1H3,(H,22,27)(H,23,30)(H,24,31)(H,28,29)(H,33,34)/t12-,13-/m0/s1. The van der Waals surface area contributed by atoms with Gasteiger partial charge in [0, 0.05) is 24.8 Å². The molecule has 6 N–H and O–H groups in total. The van der Waals surface area contributed by atoms with Gasteiger partial charge in [-0.2, -0.15) is 12.6 Å². The molecule has 0 unspecified atom stereocenters. The molecule has 2 atom stereocenters. The zero-order valence-electron chi connectivity index (χ0n) is 18.4. The topological polar surface area (TPSA) is 219 Å². The number of thiol groups is 1. The number of aliphatic carboxylic acids is 2. The van der Waals surface area contributed by atoms with Crippen molar-refractivity contribution in [3.63, 3.8) is 0 Å². The lowest BCUT2D eigenvalue weighted by molar-refractivity contribution is -0.152. The Morgan fingerprint density at radius 2 is 1.71 bits per heavy atom. The van der Waals surface area contributed by atoms with Crippen molar-refractivity contribution in [2.75, 3.05) is 17.6 Å². The molecule has 0 aliphatic carbocycles. The highest BCUT2D eigenvalue weighted by Gasteiger charge is 2.29. The van der Waals surface area contributed by atoms with Crippen molar-refractivity contribution < 1.29 is 34.2 Å². The number of rotatable bonds is 11. The Kier molecular flexibility index (Phi) is 9.16. The largest absolute Gasteiger partial charge is 0.480 e. The highest BCUT2D eigenvalue weighted by atomic mass is 32.1. The number of fused-ring (bicyclic) bond motifs is 1. The number of aromatic amines is 2. The molecule has 0 aliphatic rings. The number of benzene rings is 1. The summed E-state index contributed by atoms with van der Waals surface area (Å²) < 4.78 is 0. The summed E-state index contributed by atoms with van der Waals surface area (Å²) >= 11 is 3.95. The molecule has 35 heavy (non-hydrogen) atoms. The zero-order valence-corrected chi connectivity index (χ0v) is 19.3. The summed E-state index contributed by atoms with van der Waals surface area (Å²) in [5, 5.41) is 27.7. The number of carboxylic acid groups (broad SMARTS) is 2. The second-order valence-corrected chi connectivity index (χ2v) is 7.72. The van der Waals surface area contributed by atoms with E-state index in [0.29, 0.717) is 4.90 Å². The number of nitrogens with one attached hydrogen (secondary N) is 4. The Labute approximate surface area is 202 Å². The zero-order chi connectivity index (χ0) is 26.3. The maximum Gasteiger partial charge on any atom is 0.326 e. The number of carboxylic acids is 2. The number of nitrogens with zero attached hydrogens (tertiary/aromatic N) is 1. The highest BCUT2D eigenvalue weighted by Crippen LogP contribution is 2.19. The predicted molar refractivity (Wildman–Crippen MR) is 125 cm³/mol. The third-order valence-electron chi connectivity index (χ3n) is 4.87. The minimum atomic E-state index is -1.43. The van der Waals surface area contributed by atoms with Crippen LogP contribution in [-0.4, -0.2) is 79.4 Å². The van der Waals surface area contributed by atoms with Gasteiger partial charge in [-0.05, 0) is 18.6 Å². The molecular weight excluding hydrogens is 486 g/mol. The molecule has 0 bridgehead atoms. The summed E-state index contributed by atoms with van der Waals surface area (Å²) in [6, 6.07) is 1.57. The summed E-state index contributed by atoms with van der Waals surface area (Å²) in [6.45, 7) is 0.0971. The van der Waals surface area contributed by atoms with Crippen LogP contribution in [0.25, 0.3) is 10.8 Å². The molecule has 0 radical (unpaired) electrons. The number of carbonyl (C=O) groups excluding carboxylic acids is 3.